The van der Waals surface area contributed by atoms with Gasteiger partial charge in [0.2, 0.25) is 0 Å². The zero-order valence-electron chi connectivity index (χ0n) is 17.5. The van der Waals surface area contributed by atoms with E-state index in [0.29, 0.717) is 6.04 Å². The molecule has 2 aliphatic rings. The van der Waals surface area contributed by atoms with Crippen LogP contribution in [0.25, 0.3) is 28.6 Å². The third-order valence-electron chi connectivity index (χ3n) is 6.36. The van der Waals surface area contributed by atoms with Crippen LogP contribution in [0.15, 0.2) is 72.0 Å². The van der Waals surface area contributed by atoms with Crippen molar-refractivity contribution in [1.29, 1.82) is 0 Å². The summed E-state index contributed by atoms with van der Waals surface area (Å²) in [7, 11) is 0. The average molecular weight is 377 g/mol. The maximum Gasteiger partial charge on any atom is 0.184 e. The van der Waals surface area contributed by atoms with E-state index in [1.807, 2.05) is 0 Å². The molecule has 5 rings (SSSR count). The van der Waals surface area contributed by atoms with Gasteiger partial charge in [0.25, 0.3) is 0 Å². The van der Waals surface area contributed by atoms with Gasteiger partial charge in [-0.15, -0.1) is 5.73 Å². The zero-order valence-corrected chi connectivity index (χ0v) is 17.5. The van der Waals surface area contributed by atoms with Crippen molar-refractivity contribution in [3.63, 3.8) is 0 Å². The lowest BCUT2D eigenvalue weighted by atomic mass is 9.87. The lowest BCUT2D eigenvalue weighted by Crippen LogP contribution is -2.35. The summed E-state index contributed by atoms with van der Waals surface area (Å²) in [5.74, 6) is 0. The first-order valence-corrected chi connectivity index (χ1v) is 10.4. The Kier molecular flexibility index (Phi) is 3.98. The van der Waals surface area contributed by atoms with Gasteiger partial charge < -0.3 is 0 Å². The molecule has 0 spiro atoms. The molecular weight excluding hydrogens is 350 g/mol. The number of benzene rings is 3. The fraction of sp³-hybridized carbons (Fsp3) is 0.214. The second kappa shape index (κ2) is 6.44. The summed E-state index contributed by atoms with van der Waals surface area (Å²) in [5.41, 5.74) is 8.72. The third kappa shape index (κ3) is 2.90. The molecule has 1 heterocycles. The summed E-state index contributed by atoms with van der Waals surface area (Å²) in [6, 6.07) is 22.2. The largest absolute Gasteiger partial charge is 0.200 e. The minimum Gasteiger partial charge on any atom is -0.200 e. The number of hydrogen-bond acceptors (Lipinski definition) is 0. The lowest BCUT2D eigenvalue weighted by Gasteiger charge is -2.23. The van der Waals surface area contributed by atoms with Gasteiger partial charge in [-0.05, 0) is 41.0 Å². The zero-order chi connectivity index (χ0) is 20.2. The fourth-order valence-corrected chi connectivity index (χ4v) is 4.29. The molecule has 0 N–H and O–H groups in total. The molecule has 3 aromatic rings. The Morgan fingerprint density at radius 3 is 2.48 bits per heavy atom. The van der Waals surface area contributed by atoms with Gasteiger partial charge in [-0.1, -0.05) is 75.4 Å². The van der Waals surface area contributed by atoms with Crippen LogP contribution in [0.2, 0.25) is 0 Å². The van der Waals surface area contributed by atoms with Crippen LogP contribution in [0.5, 0.6) is 0 Å². The van der Waals surface area contributed by atoms with Crippen LogP contribution < -0.4 is 10.4 Å². The maximum atomic E-state index is 3.60. The van der Waals surface area contributed by atoms with Gasteiger partial charge in [-0.2, -0.15) is 0 Å². The molecule has 0 fully saturated rings. The smallest absolute Gasteiger partial charge is 0.184 e. The van der Waals surface area contributed by atoms with Crippen molar-refractivity contribution in [2.45, 2.75) is 33.7 Å². The van der Waals surface area contributed by atoms with Crippen LogP contribution in [-0.4, -0.2) is 16.8 Å². The molecule has 0 aromatic heterocycles. The van der Waals surface area contributed by atoms with Gasteiger partial charge in [0.05, 0.1) is 5.57 Å². The highest BCUT2D eigenvalue weighted by Gasteiger charge is 2.31. The maximum absolute atomic E-state index is 3.60. The summed E-state index contributed by atoms with van der Waals surface area (Å²) in [4.78, 5) is 0. The molecule has 1 atom stereocenters. The van der Waals surface area contributed by atoms with Crippen molar-refractivity contribution in [3.8, 4) is 0 Å². The number of hydrogen-bond donors (Lipinski definition) is 0. The van der Waals surface area contributed by atoms with Gasteiger partial charge in [-0.3, -0.25) is 0 Å². The van der Waals surface area contributed by atoms with Crippen LogP contribution in [0.4, 0.5) is 0 Å². The van der Waals surface area contributed by atoms with Gasteiger partial charge in [0, 0.05) is 21.4 Å². The summed E-state index contributed by atoms with van der Waals surface area (Å²) in [6.07, 6.45) is 6.73. The molecule has 1 nitrogen and oxygen atoms in total. The molecule has 0 saturated carbocycles. The predicted octanol–water partition coefficient (Wildman–Crippen LogP) is 4.86. The molecule has 1 aliphatic carbocycles. The highest BCUT2D eigenvalue weighted by atomic mass is 15.0. The number of fused-ring (bicyclic) bond motifs is 6. The second-order valence-electron chi connectivity index (χ2n) is 9.16. The topological polar surface area (TPSA) is 3.01 Å². The average Bonchev–Trinajstić information content (AvgIpc) is 2.89. The van der Waals surface area contributed by atoms with Crippen molar-refractivity contribution in [3.05, 3.63) is 93.5 Å². The van der Waals surface area contributed by atoms with Crippen LogP contribution in [0.1, 0.15) is 38.8 Å². The van der Waals surface area contributed by atoms with E-state index in [2.05, 4.69) is 117 Å². The quantitative estimate of drug-likeness (QED) is 0.421. The fourth-order valence-electron chi connectivity index (χ4n) is 4.29. The predicted molar refractivity (Wildman–Crippen MR) is 123 cm³/mol. The molecule has 142 valence electrons. The molecule has 0 radical (unpaired) electrons. The van der Waals surface area contributed by atoms with E-state index in [-0.39, 0.29) is 5.41 Å². The van der Waals surface area contributed by atoms with E-state index in [1.54, 1.807) is 0 Å². The van der Waals surface area contributed by atoms with Gasteiger partial charge in [0.15, 0.2) is 18.5 Å². The molecule has 0 saturated heterocycles. The summed E-state index contributed by atoms with van der Waals surface area (Å²) < 4.78 is 2.38. The molecule has 0 amide bonds. The normalized spacial score (nSPS) is 16.1. The Balaban J connectivity index is 1.99. The molecular formula is C28H26N+. The molecule has 1 aliphatic heterocycles. The highest BCUT2D eigenvalue weighted by molar-refractivity contribution is 6.05. The minimum atomic E-state index is 0.158. The Bertz CT molecular complexity index is 1370. The SMILES string of the molecule is C[C@H]([N+]1=CC2=C=Cc3ccccc3C2=c2c(ccc3ccccc23)=C1)C(C)(C)C. The second-order valence-corrected chi connectivity index (χ2v) is 9.16. The van der Waals surface area contributed by atoms with E-state index in [4.69, 9.17) is 0 Å². The van der Waals surface area contributed by atoms with Crippen LogP contribution in [-0.2, 0) is 0 Å². The molecule has 29 heavy (non-hydrogen) atoms. The highest BCUT2D eigenvalue weighted by Crippen LogP contribution is 2.29. The van der Waals surface area contributed by atoms with Gasteiger partial charge in [0.1, 0.15) is 0 Å². The van der Waals surface area contributed by atoms with Crippen molar-refractivity contribution in [2.75, 3.05) is 0 Å². The Morgan fingerprint density at radius 1 is 0.897 bits per heavy atom. The van der Waals surface area contributed by atoms with E-state index in [1.165, 1.54) is 37.9 Å². The van der Waals surface area contributed by atoms with Crippen molar-refractivity contribution < 1.29 is 4.58 Å². The van der Waals surface area contributed by atoms with Crippen LogP contribution in [0.3, 0.4) is 0 Å². The standard InChI is InChI=1S/C28H26N/c1-19(28(2,3)4)29-17-22-15-13-20-9-5-7-11-24(20)26(22)27-23(18-29)16-14-21-10-6-8-12-25(21)27/h5-15,17-19H,1-4H3/q+1/t19-/m0/s1. The molecule has 3 aromatic carbocycles. The van der Waals surface area contributed by atoms with Gasteiger partial charge in [-0.25, -0.2) is 4.58 Å². The van der Waals surface area contributed by atoms with Crippen molar-refractivity contribution >= 4 is 34.8 Å². The van der Waals surface area contributed by atoms with Gasteiger partial charge >= 0.3 is 0 Å². The number of nitrogens with zero attached hydrogens (tertiary/aromatic N) is 1. The lowest BCUT2D eigenvalue weighted by molar-refractivity contribution is -0.477. The Hall–Kier alpha value is -3.15. The molecule has 0 bridgehead atoms. The molecule has 1 heteroatoms. The molecule has 0 unspecified atom stereocenters. The first-order valence-electron chi connectivity index (χ1n) is 10.4. The monoisotopic (exact) mass is 376 g/mol. The summed E-state index contributed by atoms with van der Waals surface area (Å²) in [5, 5.41) is 5.15. The van der Waals surface area contributed by atoms with Crippen LogP contribution >= 0.6 is 0 Å². The van der Waals surface area contributed by atoms with Crippen LogP contribution in [0, 0.1) is 5.41 Å². The summed E-state index contributed by atoms with van der Waals surface area (Å²) in [6.45, 7) is 9.21. The first-order chi connectivity index (χ1) is 13.9. The van der Waals surface area contributed by atoms with E-state index in [0.717, 1.165) is 5.57 Å². The van der Waals surface area contributed by atoms with Crippen molar-refractivity contribution in [1.82, 2.24) is 0 Å². The van der Waals surface area contributed by atoms with E-state index in [9.17, 15) is 0 Å². The Labute approximate surface area is 172 Å². The number of rotatable bonds is 1. The Morgan fingerprint density at radius 2 is 1.66 bits per heavy atom. The van der Waals surface area contributed by atoms with E-state index < -0.39 is 0 Å². The minimum absolute atomic E-state index is 0.158. The van der Waals surface area contributed by atoms with Crippen molar-refractivity contribution in [2.24, 2.45) is 5.41 Å². The summed E-state index contributed by atoms with van der Waals surface area (Å²) >= 11 is 0. The number of allylic oxidation sites excluding steroid dienone is 1. The third-order valence-corrected chi connectivity index (χ3v) is 6.36. The van der Waals surface area contributed by atoms with E-state index >= 15 is 0 Å². The first kappa shape index (κ1) is 17.9.